The Kier molecular flexibility index (Phi) is 5.59. The van der Waals surface area contributed by atoms with E-state index < -0.39 is 0 Å². The lowest BCUT2D eigenvalue weighted by atomic mass is 10.2. The molecule has 116 valence electrons. The first-order valence-corrected chi connectivity index (χ1v) is 7.71. The van der Waals surface area contributed by atoms with Crippen molar-refractivity contribution in [1.82, 2.24) is 0 Å². The summed E-state index contributed by atoms with van der Waals surface area (Å²) in [7, 11) is 1.67. The topological polar surface area (TPSA) is 24.8 Å². The minimum atomic E-state index is 0.793. The molecular formula is C19H24N2O. The lowest BCUT2D eigenvalue weighted by molar-refractivity contribution is 0.416. The van der Waals surface area contributed by atoms with Crippen LogP contribution in [-0.2, 0) is 0 Å². The van der Waals surface area contributed by atoms with Gasteiger partial charge in [0.2, 0.25) is 0 Å². The normalized spacial score (nSPS) is 10.9. The molecule has 0 spiro atoms. The van der Waals surface area contributed by atoms with Crippen molar-refractivity contribution >= 4 is 17.6 Å². The van der Waals surface area contributed by atoms with E-state index in [-0.39, 0.29) is 0 Å². The quantitative estimate of drug-likeness (QED) is 0.728. The van der Waals surface area contributed by atoms with E-state index in [1.165, 1.54) is 11.3 Å². The molecule has 0 aromatic heterocycles. The van der Waals surface area contributed by atoms with Gasteiger partial charge < -0.3 is 9.64 Å². The third kappa shape index (κ3) is 3.88. The van der Waals surface area contributed by atoms with E-state index >= 15 is 0 Å². The van der Waals surface area contributed by atoms with Crippen molar-refractivity contribution in [3.8, 4) is 5.75 Å². The predicted molar refractivity (Wildman–Crippen MR) is 95.0 cm³/mol. The maximum Gasteiger partial charge on any atom is 0.144 e. The lowest BCUT2D eigenvalue weighted by Crippen LogP contribution is -2.21. The van der Waals surface area contributed by atoms with Gasteiger partial charge in [0.05, 0.1) is 7.11 Å². The Balaban J connectivity index is 2.18. The molecule has 0 unspecified atom stereocenters. The molecule has 0 aliphatic rings. The highest BCUT2D eigenvalue weighted by molar-refractivity contribution is 5.83. The third-order valence-electron chi connectivity index (χ3n) is 3.71. The van der Waals surface area contributed by atoms with Crippen LogP contribution in [0.3, 0.4) is 0 Å². The van der Waals surface area contributed by atoms with Crippen molar-refractivity contribution in [3.05, 3.63) is 53.6 Å². The van der Waals surface area contributed by atoms with Gasteiger partial charge in [-0.2, -0.15) is 0 Å². The first kappa shape index (κ1) is 16.1. The van der Waals surface area contributed by atoms with Crippen LogP contribution in [0, 0.1) is 6.92 Å². The van der Waals surface area contributed by atoms with Crippen molar-refractivity contribution in [2.45, 2.75) is 20.8 Å². The summed E-state index contributed by atoms with van der Waals surface area (Å²) in [5, 5.41) is 0. The molecule has 2 aromatic carbocycles. The molecule has 2 aromatic rings. The van der Waals surface area contributed by atoms with Crippen LogP contribution < -0.4 is 9.64 Å². The van der Waals surface area contributed by atoms with E-state index in [9.17, 15) is 0 Å². The van der Waals surface area contributed by atoms with Gasteiger partial charge in [0.25, 0.3) is 0 Å². The maximum absolute atomic E-state index is 5.35. The van der Waals surface area contributed by atoms with E-state index in [0.29, 0.717) is 0 Å². The van der Waals surface area contributed by atoms with Gasteiger partial charge in [0, 0.05) is 25.0 Å². The van der Waals surface area contributed by atoms with Gasteiger partial charge in [0.15, 0.2) is 0 Å². The van der Waals surface area contributed by atoms with Crippen molar-refractivity contribution in [3.63, 3.8) is 0 Å². The predicted octanol–water partition coefficient (Wildman–Crippen LogP) is 4.60. The molecule has 3 nitrogen and oxygen atoms in total. The van der Waals surface area contributed by atoms with Gasteiger partial charge in [0.1, 0.15) is 11.4 Å². The van der Waals surface area contributed by atoms with Gasteiger partial charge >= 0.3 is 0 Å². The Morgan fingerprint density at radius 1 is 1.05 bits per heavy atom. The molecule has 0 N–H and O–H groups in total. The van der Waals surface area contributed by atoms with E-state index in [2.05, 4.69) is 54.9 Å². The number of hydrogen-bond acceptors (Lipinski definition) is 3. The molecule has 2 rings (SSSR count). The fourth-order valence-corrected chi connectivity index (χ4v) is 2.40. The maximum atomic E-state index is 5.35. The average Bonchev–Trinajstić information content (AvgIpc) is 2.55. The molecule has 0 radical (unpaired) electrons. The lowest BCUT2D eigenvalue weighted by Gasteiger charge is -2.20. The fourth-order valence-electron chi connectivity index (χ4n) is 2.40. The number of benzene rings is 2. The van der Waals surface area contributed by atoms with Crippen molar-refractivity contribution in [2.75, 3.05) is 25.1 Å². The summed E-state index contributed by atoms with van der Waals surface area (Å²) in [5.74, 6) is 0.793. The summed E-state index contributed by atoms with van der Waals surface area (Å²) in [6.07, 6.45) is 1.88. The molecule has 0 aliphatic carbocycles. The molecule has 3 heteroatoms. The first-order chi connectivity index (χ1) is 10.7. The Labute approximate surface area is 133 Å². The number of aryl methyl sites for hydroxylation is 1. The molecule has 0 aliphatic heterocycles. The number of anilines is 1. The van der Waals surface area contributed by atoms with Crippen LogP contribution in [0.15, 0.2) is 47.5 Å². The third-order valence-corrected chi connectivity index (χ3v) is 3.71. The minimum absolute atomic E-state index is 0.793. The van der Waals surface area contributed by atoms with Crippen LogP contribution in [0.1, 0.15) is 25.0 Å². The van der Waals surface area contributed by atoms with Crippen molar-refractivity contribution in [1.29, 1.82) is 0 Å². The van der Waals surface area contributed by atoms with E-state index in [0.717, 1.165) is 30.1 Å². The highest BCUT2D eigenvalue weighted by Gasteiger charge is 2.02. The number of rotatable bonds is 6. The number of nitrogens with zero attached hydrogens (tertiary/aromatic N) is 2. The summed E-state index contributed by atoms with van der Waals surface area (Å²) in [6, 6.07) is 14.5. The summed E-state index contributed by atoms with van der Waals surface area (Å²) < 4.78 is 5.35. The smallest absolute Gasteiger partial charge is 0.144 e. The van der Waals surface area contributed by atoms with Crippen LogP contribution in [0.25, 0.3) is 0 Å². The zero-order chi connectivity index (χ0) is 15.9. The SMILES string of the molecule is CCN(CC)c1ccc(C=Nc2cc(C)ccc2OC)cc1. The second-order valence-corrected chi connectivity index (χ2v) is 5.20. The molecule has 0 atom stereocenters. The number of methoxy groups -OCH3 is 1. The average molecular weight is 296 g/mol. The summed E-state index contributed by atoms with van der Waals surface area (Å²) in [5.41, 5.74) is 4.36. The minimum Gasteiger partial charge on any atom is -0.494 e. The van der Waals surface area contributed by atoms with Crippen LogP contribution in [0.5, 0.6) is 5.75 Å². The molecular weight excluding hydrogens is 272 g/mol. The molecule has 0 saturated carbocycles. The highest BCUT2D eigenvalue weighted by Crippen LogP contribution is 2.28. The summed E-state index contributed by atoms with van der Waals surface area (Å²) in [6.45, 7) is 8.43. The van der Waals surface area contributed by atoms with Gasteiger partial charge in [-0.25, -0.2) is 0 Å². The summed E-state index contributed by atoms with van der Waals surface area (Å²) in [4.78, 5) is 6.88. The molecule has 0 bridgehead atoms. The zero-order valence-corrected chi connectivity index (χ0v) is 13.8. The Morgan fingerprint density at radius 3 is 2.32 bits per heavy atom. The highest BCUT2D eigenvalue weighted by atomic mass is 16.5. The van der Waals surface area contributed by atoms with Crippen molar-refractivity contribution in [2.24, 2.45) is 4.99 Å². The molecule has 0 amide bonds. The van der Waals surface area contributed by atoms with Crippen LogP contribution >= 0.6 is 0 Å². The van der Waals surface area contributed by atoms with Gasteiger partial charge in [-0.3, -0.25) is 4.99 Å². The number of ether oxygens (including phenoxy) is 1. The fraction of sp³-hybridized carbons (Fsp3) is 0.316. The van der Waals surface area contributed by atoms with E-state index in [1.54, 1.807) is 7.11 Å². The first-order valence-electron chi connectivity index (χ1n) is 7.71. The Bertz CT molecular complexity index is 628. The monoisotopic (exact) mass is 296 g/mol. The van der Waals surface area contributed by atoms with Gasteiger partial charge in [-0.15, -0.1) is 0 Å². The Morgan fingerprint density at radius 2 is 1.73 bits per heavy atom. The summed E-state index contributed by atoms with van der Waals surface area (Å²) >= 11 is 0. The molecule has 22 heavy (non-hydrogen) atoms. The second kappa shape index (κ2) is 7.64. The number of aliphatic imine (C=N–C) groups is 1. The Hall–Kier alpha value is -2.29. The standard InChI is InChI=1S/C19H24N2O/c1-5-21(6-2)17-10-8-16(9-11-17)14-20-18-13-15(3)7-12-19(18)22-4/h7-14H,5-6H2,1-4H3. The van der Waals surface area contributed by atoms with Crippen LogP contribution in [-0.4, -0.2) is 26.4 Å². The molecule has 0 heterocycles. The number of hydrogen-bond donors (Lipinski definition) is 0. The van der Waals surface area contributed by atoms with Crippen LogP contribution in [0.4, 0.5) is 11.4 Å². The molecule has 0 saturated heterocycles. The van der Waals surface area contributed by atoms with E-state index in [4.69, 9.17) is 4.74 Å². The van der Waals surface area contributed by atoms with Crippen molar-refractivity contribution < 1.29 is 4.74 Å². The van der Waals surface area contributed by atoms with Gasteiger partial charge in [-0.1, -0.05) is 18.2 Å². The molecule has 0 fully saturated rings. The van der Waals surface area contributed by atoms with Crippen LogP contribution in [0.2, 0.25) is 0 Å². The second-order valence-electron chi connectivity index (χ2n) is 5.20. The largest absolute Gasteiger partial charge is 0.494 e. The zero-order valence-electron chi connectivity index (χ0n) is 13.8. The van der Waals surface area contributed by atoms with E-state index in [1.807, 2.05) is 24.4 Å². The van der Waals surface area contributed by atoms with Gasteiger partial charge in [-0.05, 0) is 56.2 Å².